The number of benzene rings is 2. The number of ether oxygens (including phenoxy) is 1. The number of amides is 1. The molecule has 1 saturated heterocycles. The fraction of sp³-hybridized carbons (Fsp3) is 0.0588. The van der Waals surface area contributed by atoms with E-state index in [2.05, 4.69) is 0 Å². The lowest BCUT2D eigenvalue weighted by molar-refractivity contribution is -0.113. The Morgan fingerprint density at radius 1 is 1.24 bits per heavy atom. The molecule has 1 fully saturated rings. The lowest BCUT2D eigenvalue weighted by atomic mass is 10.2. The lowest BCUT2D eigenvalue weighted by Crippen LogP contribution is -2.27. The third kappa shape index (κ3) is 3.53. The largest absolute Gasteiger partial charge is 0.495 e. The van der Waals surface area contributed by atoms with Gasteiger partial charge in [0.25, 0.3) is 5.91 Å². The number of methoxy groups -OCH3 is 1. The Bertz CT molecular complexity index is 897. The van der Waals surface area contributed by atoms with Crippen LogP contribution >= 0.6 is 47.2 Å². The number of rotatable bonds is 3. The number of anilines is 1. The molecule has 2 aromatic rings. The number of thiocarbonyl (C=S) groups is 1. The van der Waals surface area contributed by atoms with E-state index in [9.17, 15) is 9.18 Å². The Morgan fingerprint density at radius 3 is 2.64 bits per heavy atom. The molecule has 1 amide bonds. The molecule has 2 aromatic carbocycles. The van der Waals surface area contributed by atoms with Gasteiger partial charge in [-0.25, -0.2) is 4.39 Å². The molecule has 0 N–H and O–H groups in total. The van der Waals surface area contributed by atoms with Crippen LogP contribution in [-0.2, 0) is 4.79 Å². The summed E-state index contributed by atoms with van der Waals surface area (Å²) in [6, 6.07) is 9.24. The average Bonchev–Trinajstić information content (AvgIpc) is 2.85. The van der Waals surface area contributed by atoms with E-state index in [1.165, 1.54) is 30.2 Å². The summed E-state index contributed by atoms with van der Waals surface area (Å²) in [4.78, 5) is 14.3. The molecule has 0 bridgehead atoms. The molecule has 3 rings (SSSR count). The van der Waals surface area contributed by atoms with Crippen LogP contribution in [0, 0.1) is 5.82 Å². The van der Waals surface area contributed by atoms with E-state index in [-0.39, 0.29) is 21.4 Å². The van der Waals surface area contributed by atoms with Crippen molar-refractivity contribution in [3.8, 4) is 5.75 Å². The summed E-state index contributed by atoms with van der Waals surface area (Å²) in [7, 11) is 1.50. The first-order valence-corrected chi connectivity index (χ1v) is 8.96. The van der Waals surface area contributed by atoms with Crippen molar-refractivity contribution in [2.24, 2.45) is 0 Å². The molecular formula is C17H10Cl2FNO2S2. The molecule has 3 nitrogen and oxygen atoms in total. The van der Waals surface area contributed by atoms with Crippen molar-refractivity contribution >= 4 is 69.2 Å². The van der Waals surface area contributed by atoms with E-state index < -0.39 is 5.82 Å². The van der Waals surface area contributed by atoms with Gasteiger partial charge in [0.2, 0.25) is 0 Å². The Labute approximate surface area is 163 Å². The highest BCUT2D eigenvalue weighted by atomic mass is 35.5. The Morgan fingerprint density at radius 2 is 2.00 bits per heavy atom. The summed E-state index contributed by atoms with van der Waals surface area (Å²) in [5.41, 5.74) is 0.661. The Hall–Kier alpha value is -1.60. The van der Waals surface area contributed by atoms with Crippen LogP contribution in [0.25, 0.3) is 6.08 Å². The van der Waals surface area contributed by atoms with Crippen molar-refractivity contribution in [3.05, 3.63) is 62.7 Å². The van der Waals surface area contributed by atoms with Crippen LogP contribution in [-0.4, -0.2) is 17.3 Å². The smallest absolute Gasteiger partial charge is 0.270 e. The van der Waals surface area contributed by atoms with E-state index in [0.717, 1.165) is 11.8 Å². The van der Waals surface area contributed by atoms with Gasteiger partial charge in [0.1, 0.15) is 11.6 Å². The van der Waals surface area contributed by atoms with Crippen LogP contribution in [0.15, 0.2) is 41.3 Å². The van der Waals surface area contributed by atoms with Gasteiger partial charge in [-0.2, -0.15) is 0 Å². The molecule has 0 unspecified atom stereocenters. The number of thioether (sulfide) groups is 1. The molecule has 25 heavy (non-hydrogen) atoms. The van der Waals surface area contributed by atoms with Crippen molar-refractivity contribution in [2.75, 3.05) is 12.0 Å². The molecule has 1 heterocycles. The second-order valence-corrected chi connectivity index (χ2v) is 7.46. The first-order valence-electron chi connectivity index (χ1n) is 6.98. The fourth-order valence-electron chi connectivity index (χ4n) is 2.26. The maximum absolute atomic E-state index is 14.0. The van der Waals surface area contributed by atoms with Gasteiger partial charge in [0, 0.05) is 5.56 Å². The van der Waals surface area contributed by atoms with Crippen molar-refractivity contribution in [1.82, 2.24) is 0 Å². The van der Waals surface area contributed by atoms with Crippen LogP contribution in [0.3, 0.4) is 0 Å². The Kier molecular flexibility index (Phi) is 5.34. The van der Waals surface area contributed by atoms with Crippen molar-refractivity contribution in [3.63, 3.8) is 0 Å². The number of hydrogen-bond acceptors (Lipinski definition) is 4. The zero-order valence-electron chi connectivity index (χ0n) is 12.8. The minimum atomic E-state index is -0.509. The van der Waals surface area contributed by atoms with Gasteiger partial charge in [-0.1, -0.05) is 53.2 Å². The van der Waals surface area contributed by atoms with Gasteiger partial charge >= 0.3 is 0 Å². The molecule has 1 aliphatic heterocycles. The quantitative estimate of drug-likeness (QED) is 0.487. The minimum absolute atomic E-state index is 0.150. The molecule has 0 radical (unpaired) electrons. The average molecular weight is 414 g/mol. The van der Waals surface area contributed by atoms with Gasteiger partial charge in [0.05, 0.1) is 27.7 Å². The predicted octanol–water partition coefficient (Wildman–Crippen LogP) is 5.55. The SMILES string of the molecule is COc1ccc(N2C(=O)/C(=C\c3c(F)cccc3Cl)SC2=S)cc1Cl. The minimum Gasteiger partial charge on any atom is -0.495 e. The monoisotopic (exact) mass is 413 g/mol. The summed E-state index contributed by atoms with van der Waals surface area (Å²) in [5.74, 6) is -0.384. The number of hydrogen-bond donors (Lipinski definition) is 0. The third-order valence-corrected chi connectivity index (χ3v) is 5.39. The number of carbonyl (C=O) groups is 1. The third-order valence-electron chi connectivity index (χ3n) is 3.46. The van der Waals surface area contributed by atoms with Gasteiger partial charge in [-0.05, 0) is 36.4 Å². The van der Waals surface area contributed by atoms with Crippen molar-refractivity contribution in [2.45, 2.75) is 0 Å². The number of carbonyl (C=O) groups excluding carboxylic acids is 1. The first kappa shape index (κ1) is 18.2. The normalized spacial score (nSPS) is 16.0. The lowest BCUT2D eigenvalue weighted by Gasteiger charge is -2.15. The predicted molar refractivity (Wildman–Crippen MR) is 105 cm³/mol. The fourth-order valence-corrected chi connectivity index (χ4v) is 4.01. The maximum Gasteiger partial charge on any atom is 0.270 e. The molecule has 128 valence electrons. The molecule has 1 aliphatic rings. The summed E-state index contributed by atoms with van der Waals surface area (Å²) in [6.07, 6.45) is 1.40. The summed E-state index contributed by atoms with van der Waals surface area (Å²) in [5, 5.41) is 0.577. The molecule has 0 aromatic heterocycles. The second-order valence-electron chi connectivity index (χ2n) is 4.97. The van der Waals surface area contributed by atoms with Gasteiger partial charge in [-0.15, -0.1) is 0 Å². The molecular weight excluding hydrogens is 404 g/mol. The van der Waals surface area contributed by atoms with Crippen LogP contribution < -0.4 is 9.64 Å². The Balaban J connectivity index is 1.98. The highest BCUT2D eigenvalue weighted by Gasteiger charge is 2.34. The van der Waals surface area contributed by atoms with Crippen LogP contribution in [0.2, 0.25) is 10.0 Å². The molecule has 0 aliphatic carbocycles. The highest BCUT2D eigenvalue weighted by Crippen LogP contribution is 2.39. The summed E-state index contributed by atoms with van der Waals surface area (Å²) >= 11 is 18.5. The van der Waals surface area contributed by atoms with E-state index >= 15 is 0 Å². The molecule has 8 heteroatoms. The van der Waals surface area contributed by atoms with Gasteiger partial charge in [0.15, 0.2) is 4.32 Å². The topological polar surface area (TPSA) is 29.5 Å². The first-order chi connectivity index (χ1) is 11.9. The van der Waals surface area contributed by atoms with Crippen molar-refractivity contribution < 1.29 is 13.9 Å². The van der Waals surface area contributed by atoms with E-state index in [4.69, 9.17) is 40.2 Å². The summed E-state index contributed by atoms with van der Waals surface area (Å²) < 4.78 is 19.4. The number of nitrogens with zero attached hydrogens (tertiary/aromatic N) is 1. The zero-order chi connectivity index (χ0) is 18.1. The van der Waals surface area contributed by atoms with Crippen LogP contribution in [0.4, 0.5) is 10.1 Å². The van der Waals surface area contributed by atoms with Crippen LogP contribution in [0.5, 0.6) is 5.75 Å². The van der Waals surface area contributed by atoms with Crippen LogP contribution in [0.1, 0.15) is 5.56 Å². The van der Waals surface area contributed by atoms with E-state index in [1.54, 1.807) is 24.3 Å². The van der Waals surface area contributed by atoms with Crippen molar-refractivity contribution in [1.29, 1.82) is 0 Å². The second kappa shape index (κ2) is 7.33. The maximum atomic E-state index is 14.0. The standard InChI is InChI=1S/C17H10Cl2FNO2S2/c1-23-14-6-5-9(7-12(14)19)21-16(22)15(25-17(21)24)8-10-11(18)3-2-4-13(10)20/h2-8H,1H3/b15-8+. The van der Waals surface area contributed by atoms with E-state index in [0.29, 0.717) is 20.8 Å². The number of halogens is 3. The van der Waals surface area contributed by atoms with Gasteiger partial charge in [-0.3, -0.25) is 9.69 Å². The highest BCUT2D eigenvalue weighted by molar-refractivity contribution is 8.27. The molecule has 0 saturated carbocycles. The summed E-state index contributed by atoms with van der Waals surface area (Å²) in [6.45, 7) is 0. The zero-order valence-corrected chi connectivity index (χ0v) is 15.9. The molecule has 0 atom stereocenters. The molecule has 0 spiro atoms. The van der Waals surface area contributed by atoms with E-state index in [1.807, 2.05) is 0 Å². The van der Waals surface area contributed by atoms with Gasteiger partial charge < -0.3 is 4.74 Å².